The van der Waals surface area contributed by atoms with Crippen molar-refractivity contribution in [2.24, 2.45) is 7.05 Å². The van der Waals surface area contributed by atoms with Crippen molar-refractivity contribution in [2.45, 2.75) is 32.3 Å². The van der Waals surface area contributed by atoms with Gasteiger partial charge in [-0.15, -0.1) is 0 Å². The predicted octanol–water partition coefficient (Wildman–Crippen LogP) is 3.70. The summed E-state index contributed by atoms with van der Waals surface area (Å²) < 4.78 is 21.5. The number of benzene rings is 1. The Kier molecular flexibility index (Phi) is 4.47. The molecule has 0 saturated carbocycles. The van der Waals surface area contributed by atoms with E-state index in [1.54, 1.807) is 30.1 Å². The molecule has 7 heteroatoms. The molecule has 0 aliphatic carbocycles. The van der Waals surface area contributed by atoms with Gasteiger partial charge in [0.2, 0.25) is 0 Å². The van der Waals surface area contributed by atoms with Crippen molar-refractivity contribution in [1.29, 1.82) is 5.26 Å². The number of nitrogen functional groups attached to an aromatic ring is 1. The monoisotopic (exact) mass is 377 g/mol. The predicted molar refractivity (Wildman–Crippen MR) is 103 cm³/mol. The van der Waals surface area contributed by atoms with Crippen LogP contribution in [0.5, 0.6) is 5.75 Å². The van der Waals surface area contributed by atoms with Crippen molar-refractivity contribution >= 4 is 5.82 Å². The molecule has 0 amide bonds. The molecule has 1 aliphatic heterocycles. The lowest BCUT2D eigenvalue weighted by molar-refractivity contribution is 0.226. The maximum atomic E-state index is 13.9. The van der Waals surface area contributed by atoms with Gasteiger partial charge in [0.1, 0.15) is 23.7 Å². The molecule has 0 spiro atoms. The molecule has 28 heavy (non-hydrogen) atoms. The molecule has 3 heterocycles. The lowest BCUT2D eigenvalue weighted by Crippen LogP contribution is -2.10. The fourth-order valence-electron chi connectivity index (χ4n) is 3.74. The fourth-order valence-corrected chi connectivity index (χ4v) is 3.74. The Balaban J connectivity index is 1.90. The first-order chi connectivity index (χ1) is 13.5. The van der Waals surface area contributed by atoms with Gasteiger partial charge in [-0.05, 0) is 55.5 Å². The van der Waals surface area contributed by atoms with Crippen LogP contribution < -0.4 is 10.5 Å². The Morgan fingerprint density at radius 3 is 2.93 bits per heavy atom. The zero-order valence-electron chi connectivity index (χ0n) is 15.7. The molecule has 6 nitrogen and oxygen atoms in total. The summed E-state index contributed by atoms with van der Waals surface area (Å²) in [5.74, 6) is 0.348. The van der Waals surface area contributed by atoms with E-state index in [1.165, 1.54) is 12.1 Å². The summed E-state index contributed by atoms with van der Waals surface area (Å²) in [7, 11) is 1.76. The molecule has 1 unspecified atom stereocenters. The standard InChI is InChI=1S/C21H20FN5O/c1-12-16-9-15(22)7-6-13(16)4-3-5-17-20(18(10-23)27(2)26-17)14-8-19(28-12)21(24)25-11-14/h6-9,11-12H,3-5H2,1-2H3,(H2,24,25). The van der Waals surface area contributed by atoms with E-state index >= 15 is 0 Å². The summed E-state index contributed by atoms with van der Waals surface area (Å²) in [6, 6.07) is 8.79. The summed E-state index contributed by atoms with van der Waals surface area (Å²) in [5.41, 5.74) is 10.6. The normalized spacial score (nSPS) is 16.0. The van der Waals surface area contributed by atoms with Gasteiger partial charge in [-0.1, -0.05) is 6.07 Å². The molecule has 0 fully saturated rings. The number of fused-ring (bicyclic) bond motifs is 5. The average molecular weight is 377 g/mol. The highest BCUT2D eigenvalue weighted by Crippen LogP contribution is 2.35. The number of anilines is 1. The number of ether oxygens (including phenoxy) is 1. The van der Waals surface area contributed by atoms with Gasteiger partial charge in [0.25, 0.3) is 0 Å². The number of aromatic nitrogens is 3. The quantitative estimate of drug-likeness (QED) is 0.645. The van der Waals surface area contributed by atoms with Crippen LogP contribution in [0.25, 0.3) is 11.1 Å². The van der Waals surface area contributed by atoms with Crippen LogP contribution in [0.15, 0.2) is 30.5 Å². The van der Waals surface area contributed by atoms with E-state index in [-0.39, 0.29) is 11.6 Å². The third kappa shape index (κ3) is 3.07. The van der Waals surface area contributed by atoms with E-state index in [0.29, 0.717) is 17.9 Å². The number of nitrogens with zero attached hydrogens (tertiary/aromatic N) is 4. The third-order valence-corrected chi connectivity index (χ3v) is 5.11. The molecule has 2 N–H and O–H groups in total. The molecule has 0 saturated heterocycles. The molecule has 2 bridgehead atoms. The number of nitriles is 1. The Morgan fingerprint density at radius 1 is 1.32 bits per heavy atom. The first-order valence-electron chi connectivity index (χ1n) is 9.14. The SMILES string of the molecule is CC1Oc2cc(cnc2N)-c2c(nn(C)c2C#N)CCCc2ccc(F)cc21. The van der Waals surface area contributed by atoms with Crippen LogP contribution in [0.1, 0.15) is 42.0 Å². The minimum Gasteiger partial charge on any atom is -0.482 e. The summed E-state index contributed by atoms with van der Waals surface area (Å²) in [6.07, 6.45) is 3.50. The first kappa shape index (κ1) is 18.0. The van der Waals surface area contributed by atoms with Crippen molar-refractivity contribution in [2.75, 3.05) is 5.73 Å². The average Bonchev–Trinajstić information content (AvgIpc) is 2.99. The van der Waals surface area contributed by atoms with Gasteiger partial charge < -0.3 is 10.5 Å². The molecular formula is C21H20FN5O. The molecule has 1 atom stereocenters. The molecule has 4 rings (SSSR count). The smallest absolute Gasteiger partial charge is 0.166 e. The van der Waals surface area contributed by atoms with Gasteiger partial charge in [-0.25, -0.2) is 9.37 Å². The van der Waals surface area contributed by atoms with E-state index < -0.39 is 6.10 Å². The van der Waals surface area contributed by atoms with Gasteiger partial charge in [-0.3, -0.25) is 4.68 Å². The van der Waals surface area contributed by atoms with Gasteiger partial charge in [0.05, 0.1) is 5.69 Å². The number of hydrogen-bond acceptors (Lipinski definition) is 5. The third-order valence-electron chi connectivity index (χ3n) is 5.11. The Bertz CT molecular complexity index is 1100. The van der Waals surface area contributed by atoms with E-state index in [0.717, 1.165) is 40.8 Å². The van der Waals surface area contributed by atoms with Crippen LogP contribution in [-0.4, -0.2) is 14.8 Å². The number of rotatable bonds is 0. The summed E-state index contributed by atoms with van der Waals surface area (Å²) >= 11 is 0. The van der Waals surface area contributed by atoms with Gasteiger partial charge in [-0.2, -0.15) is 10.4 Å². The number of pyridine rings is 1. The molecule has 142 valence electrons. The first-order valence-corrected chi connectivity index (χ1v) is 9.14. The van der Waals surface area contributed by atoms with E-state index in [2.05, 4.69) is 16.2 Å². The van der Waals surface area contributed by atoms with Crippen LogP contribution in [-0.2, 0) is 19.9 Å². The molecule has 1 aliphatic rings. The second-order valence-electron chi connectivity index (χ2n) is 6.97. The van der Waals surface area contributed by atoms with Crippen LogP contribution in [0, 0.1) is 17.1 Å². The Hall–Kier alpha value is -3.40. The second-order valence-corrected chi connectivity index (χ2v) is 6.97. The second kappa shape index (κ2) is 6.97. The lowest BCUT2D eigenvalue weighted by atomic mass is 9.95. The fraction of sp³-hybridized carbons (Fsp3) is 0.286. The largest absolute Gasteiger partial charge is 0.482 e. The zero-order valence-corrected chi connectivity index (χ0v) is 15.7. The molecule has 3 aromatic rings. The highest BCUT2D eigenvalue weighted by atomic mass is 19.1. The van der Waals surface area contributed by atoms with Crippen LogP contribution in [0.2, 0.25) is 0 Å². The Morgan fingerprint density at radius 2 is 2.14 bits per heavy atom. The number of nitrogens with two attached hydrogens (primary N) is 1. The van der Waals surface area contributed by atoms with E-state index in [1.807, 2.05) is 6.92 Å². The van der Waals surface area contributed by atoms with Crippen molar-refractivity contribution in [3.8, 4) is 22.9 Å². The van der Waals surface area contributed by atoms with Crippen molar-refractivity contribution in [3.05, 3.63) is 58.8 Å². The van der Waals surface area contributed by atoms with Gasteiger partial charge in [0.15, 0.2) is 11.6 Å². The number of aryl methyl sites for hydroxylation is 3. The van der Waals surface area contributed by atoms with E-state index in [4.69, 9.17) is 10.5 Å². The minimum atomic E-state index is -0.395. The molecule has 2 aromatic heterocycles. The summed E-state index contributed by atoms with van der Waals surface area (Å²) in [5, 5.41) is 14.2. The summed E-state index contributed by atoms with van der Waals surface area (Å²) in [4.78, 5) is 4.25. The highest BCUT2D eigenvalue weighted by Gasteiger charge is 2.22. The van der Waals surface area contributed by atoms with Crippen molar-refractivity contribution in [1.82, 2.24) is 14.8 Å². The topological polar surface area (TPSA) is 89.8 Å². The molecule has 0 radical (unpaired) electrons. The minimum absolute atomic E-state index is 0.245. The number of hydrogen-bond donors (Lipinski definition) is 1. The van der Waals surface area contributed by atoms with Crippen LogP contribution >= 0.6 is 0 Å². The Labute approximate surface area is 162 Å². The van der Waals surface area contributed by atoms with Gasteiger partial charge in [0, 0.05) is 24.4 Å². The highest BCUT2D eigenvalue weighted by molar-refractivity contribution is 5.73. The van der Waals surface area contributed by atoms with Crippen LogP contribution in [0.3, 0.4) is 0 Å². The zero-order chi connectivity index (χ0) is 19.8. The molecule has 1 aromatic carbocycles. The molecular weight excluding hydrogens is 357 g/mol. The van der Waals surface area contributed by atoms with Crippen LogP contribution in [0.4, 0.5) is 10.2 Å². The summed E-state index contributed by atoms with van der Waals surface area (Å²) in [6.45, 7) is 1.87. The lowest BCUT2D eigenvalue weighted by Gasteiger charge is -2.20. The maximum absolute atomic E-state index is 13.9. The van der Waals surface area contributed by atoms with Crippen molar-refractivity contribution in [3.63, 3.8) is 0 Å². The van der Waals surface area contributed by atoms with E-state index in [9.17, 15) is 9.65 Å². The van der Waals surface area contributed by atoms with Crippen molar-refractivity contribution < 1.29 is 9.13 Å². The number of halogens is 1. The maximum Gasteiger partial charge on any atom is 0.166 e. The van der Waals surface area contributed by atoms with Gasteiger partial charge >= 0.3 is 0 Å².